The minimum absolute atomic E-state index is 0.00423. The van der Waals surface area contributed by atoms with Crippen molar-refractivity contribution in [2.75, 3.05) is 32.7 Å². The van der Waals surface area contributed by atoms with E-state index in [1.807, 2.05) is 5.32 Å². The molecule has 0 radical (unpaired) electrons. The predicted molar refractivity (Wildman–Crippen MR) is 525 cm³/mol. The summed E-state index contributed by atoms with van der Waals surface area (Å²) in [5.74, 6) is -33.6. The Hall–Kier alpha value is -15.1. The Morgan fingerprint density at radius 3 is 1.07 bits per heavy atom. The van der Waals surface area contributed by atoms with Crippen molar-refractivity contribution in [3.05, 3.63) is 0 Å². The minimum atomic E-state index is -1.95. The van der Waals surface area contributed by atoms with Crippen molar-refractivity contribution in [3.8, 4) is 0 Å². The molecule has 2 aliphatic rings. The third-order valence-corrected chi connectivity index (χ3v) is 23.8. The van der Waals surface area contributed by atoms with E-state index >= 15 is 0 Å². The maximum Gasteiger partial charge on any atom is 0.326 e. The molecule has 0 unspecified atom stereocenters. The van der Waals surface area contributed by atoms with Crippen LogP contribution in [0.5, 0.6) is 0 Å². The molecule has 0 aromatic heterocycles. The zero-order chi connectivity index (χ0) is 114. The summed E-state index contributed by atoms with van der Waals surface area (Å²) in [6, 6.07) is -31.5. The van der Waals surface area contributed by atoms with Gasteiger partial charge in [-0.3, -0.25) is 130 Å². The van der Waals surface area contributed by atoms with E-state index in [1.165, 1.54) is 55.4 Å². The fraction of sp³-hybridized carbons (Fsp3) is 0.692. The zero-order valence-electron chi connectivity index (χ0n) is 86.4. The van der Waals surface area contributed by atoms with E-state index in [-0.39, 0.29) is 102 Å². The van der Waals surface area contributed by atoms with Gasteiger partial charge in [-0.15, -0.1) is 0 Å². The van der Waals surface area contributed by atoms with Crippen LogP contribution in [-0.4, -0.2) is 360 Å². The van der Waals surface area contributed by atoms with Gasteiger partial charge in [-0.2, -0.15) is 0 Å². The number of guanidine groups is 1. The highest BCUT2D eigenvalue weighted by Crippen LogP contribution is 2.24. The number of carboxylic acid groups (broad SMARTS) is 6. The molecule has 2 fully saturated rings. The number of likely N-dealkylation sites (tertiary alicyclic amines) is 2. The van der Waals surface area contributed by atoms with E-state index in [1.54, 1.807) is 27.7 Å². The molecule has 20 atom stereocenters. The maximum absolute atomic E-state index is 14.8. The molecule has 0 aromatic rings. The third-order valence-electron chi connectivity index (χ3n) is 23.8. The van der Waals surface area contributed by atoms with Crippen LogP contribution in [0.15, 0.2) is 0 Å². The first-order chi connectivity index (χ1) is 69.9. The van der Waals surface area contributed by atoms with E-state index in [0.717, 1.165) is 23.6 Å². The highest BCUT2D eigenvalue weighted by molar-refractivity contribution is 6.03. The molecule has 59 nitrogen and oxygen atoms in total. The second kappa shape index (κ2) is 64.9. The van der Waals surface area contributed by atoms with E-state index < -0.39 is 369 Å². The summed E-state index contributed by atoms with van der Waals surface area (Å²) in [4.78, 5) is 363. The number of aliphatic carboxylic acids is 6. The van der Waals surface area contributed by atoms with Crippen molar-refractivity contribution >= 4 is 166 Å². The lowest BCUT2D eigenvalue weighted by Gasteiger charge is -2.32. The summed E-state index contributed by atoms with van der Waals surface area (Å²) in [7, 11) is 0. The van der Waals surface area contributed by atoms with Crippen LogP contribution < -0.4 is 124 Å². The molecular formula is C91H150N26O33. The number of nitrogens with zero attached hydrogens (tertiary/aromatic N) is 2. The van der Waals surface area contributed by atoms with Crippen molar-refractivity contribution in [1.82, 2.24) is 111 Å². The topological polar surface area (TPSA) is 945 Å². The van der Waals surface area contributed by atoms with Crippen LogP contribution in [0.4, 0.5) is 0 Å². The van der Waals surface area contributed by atoms with Gasteiger partial charge in [0.25, 0.3) is 0 Å². The molecule has 0 aliphatic carbocycles. The number of nitrogens with one attached hydrogen (secondary N) is 20. The summed E-state index contributed by atoms with van der Waals surface area (Å²) in [5.41, 5.74) is 22.4. The van der Waals surface area contributed by atoms with Crippen molar-refractivity contribution in [2.24, 2.45) is 46.6 Å². The second-order valence-electron chi connectivity index (χ2n) is 38.1. The lowest BCUT2D eigenvalue weighted by Crippen LogP contribution is -2.61. The molecule has 59 heteroatoms. The highest BCUT2D eigenvalue weighted by Gasteiger charge is 2.45. The quantitative estimate of drug-likeness (QED) is 0.0153. The summed E-state index contributed by atoms with van der Waals surface area (Å²) >= 11 is 0. The highest BCUT2D eigenvalue weighted by atomic mass is 16.4. The number of rotatable bonds is 68. The van der Waals surface area contributed by atoms with Gasteiger partial charge in [0.1, 0.15) is 115 Å². The fourth-order valence-electron chi connectivity index (χ4n) is 15.2. The van der Waals surface area contributed by atoms with Crippen LogP contribution in [-0.2, 0) is 129 Å². The van der Waals surface area contributed by atoms with Crippen molar-refractivity contribution in [2.45, 2.75) is 346 Å². The van der Waals surface area contributed by atoms with Crippen LogP contribution in [0, 0.1) is 29.1 Å². The van der Waals surface area contributed by atoms with Crippen LogP contribution >= 0.6 is 0 Å². The Morgan fingerprint density at radius 2 is 0.653 bits per heavy atom. The van der Waals surface area contributed by atoms with Gasteiger partial charge < -0.3 is 164 Å². The molecule has 842 valence electrons. The van der Waals surface area contributed by atoms with E-state index in [4.69, 9.17) is 33.5 Å². The van der Waals surface area contributed by atoms with Crippen molar-refractivity contribution in [1.29, 1.82) is 5.41 Å². The molecule has 0 saturated carbocycles. The Balaban J connectivity index is 2.39. The normalized spacial score (nSPS) is 16.8. The van der Waals surface area contributed by atoms with Crippen molar-refractivity contribution in [3.63, 3.8) is 0 Å². The summed E-state index contributed by atoms with van der Waals surface area (Å²) in [5, 5.41) is 110. The summed E-state index contributed by atoms with van der Waals surface area (Å²) < 4.78 is 0. The lowest BCUT2D eigenvalue weighted by atomic mass is 9.99. The van der Waals surface area contributed by atoms with Gasteiger partial charge in [-0.05, 0) is 162 Å². The number of hydrogen-bond acceptors (Lipinski definition) is 30. The first-order valence-corrected chi connectivity index (χ1v) is 49.1. The van der Waals surface area contributed by atoms with Gasteiger partial charge in [0, 0.05) is 45.3 Å². The number of hydrogen-bond donors (Lipinski definition) is 30. The number of carbonyl (C=O) groups is 27. The monoisotopic (exact) mass is 2140 g/mol. The Labute approximate surface area is 864 Å². The second-order valence-corrected chi connectivity index (χ2v) is 38.1. The smallest absolute Gasteiger partial charge is 0.326 e. The maximum atomic E-state index is 14.8. The van der Waals surface area contributed by atoms with E-state index in [2.05, 4.69) is 95.7 Å². The number of amides is 21. The fourth-order valence-corrected chi connectivity index (χ4v) is 15.2. The van der Waals surface area contributed by atoms with Gasteiger partial charge in [0.2, 0.25) is 124 Å². The first-order valence-electron chi connectivity index (χ1n) is 49.1. The average Bonchev–Trinajstić information content (AvgIpc) is 1.65. The first kappa shape index (κ1) is 131. The molecule has 0 spiro atoms. The molecule has 2 rings (SSSR count). The van der Waals surface area contributed by atoms with Crippen LogP contribution in [0.3, 0.4) is 0 Å². The van der Waals surface area contributed by atoms with Gasteiger partial charge >= 0.3 is 35.8 Å². The standard InChI is InChI=1S/C91H150N26O33/c1-40(2)36-56(111-74(133)48(13)103-84(143)59-22-18-34-116(59)88(147)49(14)104-77(136)52(24-28-61(93)118)107-80(139)54(26-30-64(122)123)106-73(132)46(11)101-76(135)53(25-29-63(120)121)105-72(131)45(10)100-71(130)44(9)99-62(119)39-98-86(145)68(94)41(3)4)83(142)114-69(42(5)6)87(146)110-51(21-17-33-97-91(95)96)78(137)108-55(27-31-65(124)125)81(140)115-70(43(7)8)89(148)117-35-19-23-60(117)85(144)109-50(20-15-16-32-92)79(138)112-57(37-66(126)127)82(141)102-47(12)75(134)113-58(90(149)150)38-67(128)129/h40-60,68-70H,15-39,92,94H2,1-14H3,(H2,93,118)(H,98,145)(H,99,119)(H,100,130)(H,101,135)(H,102,141)(H,103,143)(H,104,136)(H,105,131)(H,106,132)(H,107,139)(H,108,137)(H,109,144)(H,110,146)(H,111,133)(H,112,138)(H,113,134)(H,114,142)(H,115,140)(H,120,121)(H,122,123)(H,124,125)(H,126,127)(H,128,129)(H,149,150)(H4,95,96,97)/t44-,45-,46-,47-,48-,49-,50-,51-,52-,53-,54-,55-,56-,57-,58-,59-,60-,68-,69-,70-/m0/s1. The SMILES string of the molecule is CC(C)C[C@H](NC(=O)[C@H](C)NC(=O)[C@@H]1CCCN1C(=O)[C@H](C)NC(=O)[C@H](CCC(N)=O)NC(=O)[C@H](CCC(=O)O)NC(=O)[C@H](C)NC(=O)[C@H](CCC(=O)O)NC(=O)[C@H](C)NC(=O)[C@H](C)NC(=O)CNC(=O)[C@@H](N)C(C)C)C(=O)N[C@H](C(=O)N[C@@H](CCCNC(=N)N)C(=O)N[C@@H](CCC(=O)O)C(=O)N[C@H](C(=O)N1CCC[C@H]1C(=O)N[C@@H](CCCCN)C(=O)N[C@@H](CC(=O)O)C(=O)N[C@@H](C)C(=O)N[C@@H](CC(=O)O)C(=O)O)C(C)C)C(C)C. The van der Waals surface area contributed by atoms with Crippen LogP contribution in [0.25, 0.3) is 0 Å². The molecule has 2 heterocycles. The van der Waals surface area contributed by atoms with Crippen molar-refractivity contribution < 1.29 is 160 Å². The van der Waals surface area contributed by atoms with Gasteiger partial charge in [-0.1, -0.05) is 55.4 Å². The molecule has 21 amide bonds. The van der Waals surface area contributed by atoms with Gasteiger partial charge in [-0.25, -0.2) is 4.79 Å². The number of carbonyl (C=O) groups excluding carboxylic acids is 21. The number of nitrogens with two attached hydrogens (primary N) is 4. The summed E-state index contributed by atoms with van der Waals surface area (Å²) in [6.45, 7) is 19.0. The largest absolute Gasteiger partial charge is 0.481 e. The molecule has 2 saturated heterocycles. The van der Waals surface area contributed by atoms with E-state index in [0.29, 0.717) is 0 Å². The predicted octanol–water partition coefficient (Wildman–Crippen LogP) is -9.93. The molecular weight excluding hydrogens is 1990 g/mol. The Kier molecular flexibility index (Phi) is 56.6. The van der Waals surface area contributed by atoms with Gasteiger partial charge in [0.15, 0.2) is 5.96 Å². The molecule has 34 N–H and O–H groups in total. The third kappa shape index (κ3) is 46.9. The molecule has 150 heavy (non-hydrogen) atoms. The summed E-state index contributed by atoms with van der Waals surface area (Å²) in [6.07, 6.45) is -7.45. The zero-order valence-corrected chi connectivity index (χ0v) is 86.4. The molecule has 2 aliphatic heterocycles. The van der Waals surface area contributed by atoms with E-state index in [9.17, 15) is 155 Å². The lowest BCUT2D eigenvalue weighted by molar-refractivity contribution is -0.147. The minimum Gasteiger partial charge on any atom is -0.481 e. The van der Waals surface area contributed by atoms with Gasteiger partial charge in [0.05, 0.1) is 25.4 Å². The molecule has 0 bridgehead atoms. The number of primary amides is 1. The number of carboxylic acids is 6. The number of unbranched alkanes of at least 4 members (excludes halogenated alkanes) is 1. The molecule has 0 aromatic carbocycles. The Bertz CT molecular complexity index is 4830. The van der Waals surface area contributed by atoms with Crippen LogP contribution in [0.2, 0.25) is 0 Å². The van der Waals surface area contributed by atoms with Crippen LogP contribution in [0.1, 0.15) is 225 Å². The average molecular weight is 2140 g/mol. The Morgan fingerprint density at radius 1 is 0.320 bits per heavy atom.